The van der Waals surface area contributed by atoms with Crippen LogP contribution in [0.5, 0.6) is 0 Å². The van der Waals surface area contributed by atoms with Gasteiger partial charge in [0.1, 0.15) is 5.82 Å². The molecule has 2 heterocycles. The van der Waals surface area contributed by atoms with E-state index in [0.717, 1.165) is 22.3 Å². The molecule has 0 aliphatic carbocycles. The maximum absolute atomic E-state index is 4.43. The normalized spacial score (nSPS) is 11.1. The Morgan fingerprint density at radius 1 is 1.23 bits per heavy atom. The van der Waals surface area contributed by atoms with E-state index in [1.807, 2.05) is 30.5 Å². The highest BCUT2D eigenvalue weighted by Crippen LogP contribution is 2.27. The Labute approximate surface area is 75.6 Å². The number of fused-ring (bicyclic) bond motifs is 3. The van der Waals surface area contributed by atoms with Crippen LogP contribution in [0, 0.1) is 6.07 Å². The van der Waals surface area contributed by atoms with E-state index in [4.69, 9.17) is 0 Å². The molecule has 0 spiro atoms. The maximum atomic E-state index is 4.43. The second-order valence-electron chi connectivity index (χ2n) is 2.97. The van der Waals surface area contributed by atoms with Gasteiger partial charge in [-0.15, -0.1) is 0 Å². The number of nitrogens with zero attached hydrogens (tertiary/aromatic N) is 1. The molecule has 2 aliphatic heterocycles. The molecular formula is C11H7N2. The van der Waals surface area contributed by atoms with Crippen LogP contribution in [0.3, 0.4) is 0 Å². The van der Waals surface area contributed by atoms with Gasteiger partial charge in [-0.2, -0.15) is 0 Å². The Morgan fingerprint density at radius 2 is 2.23 bits per heavy atom. The summed E-state index contributed by atoms with van der Waals surface area (Å²) in [6.45, 7) is 0. The summed E-state index contributed by atoms with van der Waals surface area (Å²) in [4.78, 5) is 7.54. The van der Waals surface area contributed by atoms with E-state index in [0.29, 0.717) is 0 Å². The van der Waals surface area contributed by atoms with Crippen LogP contribution in [-0.2, 0) is 0 Å². The SMILES string of the molecule is [c]1cccc2nc3[nH]cccc-3c12. The smallest absolute Gasteiger partial charge is 0.138 e. The largest absolute Gasteiger partial charge is 0.346 e. The molecule has 0 fully saturated rings. The van der Waals surface area contributed by atoms with Crippen molar-refractivity contribution in [2.45, 2.75) is 0 Å². The molecule has 61 valence electrons. The molecule has 0 unspecified atom stereocenters. The van der Waals surface area contributed by atoms with Crippen molar-refractivity contribution in [3.8, 4) is 11.4 Å². The Bertz CT molecular complexity index is 525. The third kappa shape index (κ3) is 0.855. The summed E-state index contributed by atoms with van der Waals surface area (Å²) >= 11 is 0. The van der Waals surface area contributed by atoms with Gasteiger partial charge in [0.2, 0.25) is 0 Å². The Hall–Kier alpha value is -1.83. The molecule has 1 aromatic rings. The summed E-state index contributed by atoms with van der Waals surface area (Å²) in [5.41, 5.74) is 2.14. The average Bonchev–Trinajstić information content (AvgIpc) is 2.56. The molecule has 0 aromatic heterocycles. The number of rotatable bonds is 0. The molecular weight excluding hydrogens is 160 g/mol. The number of hydrogen-bond acceptors (Lipinski definition) is 1. The lowest BCUT2D eigenvalue weighted by molar-refractivity contribution is 1.25. The summed E-state index contributed by atoms with van der Waals surface area (Å²) in [7, 11) is 0. The summed E-state index contributed by atoms with van der Waals surface area (Å²) in [5, 5.41) is 1.09. The molecule has 0 amide bonds. The minimum Gasteiger partial charge on any atom is -0.346 e. The van der Waals surface area contributed by atoms with Crippen LogP contribution in [-0.4, -0.2) is 9.97 Å². The maximum Gasteiger partial charge on any atom is 0.138 e. The zero-order valence-corrected chi connectivity index (χ0v) is 6.91. The quantitative estimate of drug-likeness (QED) is 0.547. The first-order valence-corrected chi connectivity index (χ1v) is 4.19. The van der Waals surface area contributed by atoms with E-state index in [-0.39, 0.29) is 0 Å². The lowest BCUT2D eigenvalue weighted by Crippen LogP contribution is -1.79. The van der Waals surface area contributed by atoms with Crippen molar-refractivity contribution in [2.24, 2.45) is 0 Å². The second-order valence-corrected chi connectivity index (χ2v) is 2.97. The number of pyridine rings is 1. The first-order valence-electron chi connectivity index (χ1n) is 4.19. The third-order valence-corrected chi connectivity index (χ3v) is 2.17. The van der Waals surface area contributed by atoms with Gasteiger partial charge in [0, 0.05) is 17.1 Å². The van der Waals surface area contributed by atoms with Crippen molar-refractivity contribution in [1.82, 2.24) is 9.97 Å². The molecule has 1 aromatic carbocycles. The first kappa shape index (κ1) is 6.66. The summed E-state index contributed by atoms with van der Waals surface area (Å²) in [6, 6.07) is 13.1. The molecule has 0 saturated carbocycles. The summed E-state index contributed by atoms with van der Waals surface area (Å²) in [5.74, 6) is 0.931. The Morgan fingerprint density at radius 3 is 3.23 bits per heavy atom. The summed E-state index contributed by atoms with van der Waals surface area (Å²) < 4.78 is 0. The van der Waals surface area contributed by atoms with Crippen LogP contribution >= 0.6 is 0 Å². The zero-order chi connectivity index (χ0) is 8.67. The van der Waals surface area contributed by atoms with Crippen LogP contribution in [0.1, 0.15) is 0 Å². The third-order valence-electron chi connectivity index (χ3n) is 2.17. The molecule has 3 rings (SSSR count). The van der Waals surface area contributed by atoms with Gasteiger partial charge in [0.15, 0.2) is 0 Å². The van der Waals surface area contributed by atoms with Gasteiger partial charge in [0.25, 0.3) is 0 Å². The van der Waals surface area contributed by atoms with Crippen molar-refractivity contribution >= 4 is 10.9 Å². The van der Waals surface area contributed by atoms with Gasteiger partial charge in [0.05, 0.1) is 5.52 Å². The molecule has 13 heavy (non-hydrogen) atoms. The predicted molar refractivity (Wildman–Crippen MR) is 51.6 cm³/mol. The zero-order valence-electron chi connectivity index (χ0n) is 6.91. The van der Waals surface area contributed by atoms with Gasteiger partial charge in [-0.1, -0.05) is 12.1 Å². The number of aromatic amines is 1. The highest BCUT2D eigenvalue weighted by molar-refractivity contribution is 5.95. The van der Waals surface area contributed by atoms with E-state index in [9.17, 15) is 0 Å². The monoisotopic (exact) mass is 167 g/mol. The van der Waals surface area contributed by atoms with Crippen LogP contribution in [0.25, 0.3) is 22.3 Å². The van der Waals surface area contributed by atoms with E-state index in [2.05, 4.69) is 22.1 Å². The molecule has 2 nitrogen and oxygen atoms in total. The fourth-order valence-corrected chi connectivity index (χ4v) is 1.58. The molecule has 1 N–H and O–H groups in total. The number of H-pyrrole nitrogens is 1. The van der Waals surface area contributed by atoms with Crippen molar-refractivity contribution in [1.29, 1.82) is 0 Å². The predicted octanol–water partition coefficient (Wildman–Crippen LogP) is 2.47. The van der Waals surface area contributed by atoms with Crippen LogP contribution in [0.2, 0.25) is 0 Å². The first-order chi connectivity index (χ1) is 6.45. The molecule has 0 atom stereocenters. The van der Waals surface area contributed by atoms with Gasteiger partial charge in [-0.05, 0) is 24.3 Å². The fraction of sp³-hybridized carbons (Fsp3) is 0. The lowest BCUT2D eigenvalue weighted by atomic mass is 10.1. The van der Waals surface area contributed by atoms with Crippen LogP contribution < -0.4 is 0 Å². The molecule has 0 saturated heterocycles. The topological polar surface area (TPSA) is 28.7 Å². The standard InChI is InChI=1S/C11H7N2/c1-2-6-10-8(4-1)9-5-3-7-12-11(9)13-10/h1-3,5-7H,(H,12,13). The highest BCUT2D eigenvalue weighted by atomic mass is 14.9. The highest BCUT2D eigenvalue weighted by Gasteiger charge is 2.09. The minimum absolute atomic E-state index is 0.931. The minimum atomic E-state index is 0.931. The molecule has 2 heteroatoms. The van der Waals surface area contributed by atoms with Crippen molar-refractivity contribution in [2.75, 3.05) is 0 Å². The van der Waals surface area contributed by atoms with E-state index < -0.39 is 0 Å². The van der Waals surface area contributed by atoms with E-state index in [1.165, 1.54) is 0 Å². The Kier molecular flexibility index (Phi) is 1.19. The van der Waals surface area contributed by atoms with E-state index in [1.54, 1.807) is 0 Å². The van der Waals surface area contributed by atoms with Crippen molar-refractivity contribution in [3.05, 3.63) is 42.6 Å². The molecule has 2 aliphatic rings. The number of benzene rings is 1. The average molecular weight is 167 g/mol. The van der Waals surface area contributed by atoms with Crippen molar-refractivity contribution in [3.63, 3.8) is 0 Å². The van der Waals surface area contributed by atoms with Gasteiger partial charge >= 0.3 is 0 Å². The Balaban J connectivity index is 2.56. The van der Waals surface area contributed by atoms with Crippen LogP contribution in [0.4, 0.5) is 0 Å². The van der Waals surface area contributed by atoms with Gasteiger partial charge < -0.3 is 4.98 Å². The molecule has 1 radical (unpaired) electrons. The number of aromatic nitrogens is 2. The fourth-order valence-electron chi connectivity index (χ4n) is 1.58. The summed E-state index contributed by atoms with van der Waals surface area (Å²) in [6.07, 6.45) is 1.88. The van der Waals surface area contributed by atoms with E-state index >= 15 is 0 Å². The number of hydrogen-bond donors (Lipinski definition) is 1. The van der Waals surface area contributed by atoms with Gasteiger partial charge in [-0.25, -0.2) is 4.98 Å². The van der Waals surface area contributed by atoms with Crippen LogP contribution in [0.15, 0.2) is 36.5 Å². The molecule has 0 bridgehead atoms. The second kappa shape index (κ2) is 2.33. The lowest BCUT2D eigenvalue weighted by Gasteiger charge is -1.94. The van der Waals surface area contributed by atoms with Crippen molar-refractivity contribution < 1.29 is 0 Å². The number of nitrogens with one attached hydrogen (secondary N) is 1. The van der Waals surface area contributed by atoms with Gasteiger partial charge in [-0.3, -0.25) is 0 Å².